The fraction of sp³-hybridized carbons (Fsp3) is 0.500. The van der Waals surface area contributed by atoms with Gasteiger partial charge in [-0.1, -0.05) is 6.07 Å². The average molecular weight is 303 g/mol. The average Bonchev–Trinajstić information content (AvgIpc) is 2.39. The smallest absolute Gasteiger partial charge is 0.326 e. The number of hydrogen-bond acceptors (Lipinski definition) is 2. The quantitative estimate of drug-likeness (QED) is 0.907. The molecule has 1 saturated heterocycles. The minimum atomic E-state index is -4.39. The summed E-state index contributed by atoms with van der Waals surface area (Å²) in [6, 6.07) is 4.74. The Labute approximate surface area is 120 Å². The lowest BCUT2D eigenvalue weighted by Gasteiger charge is -2.20. The second-order valence-corrected chi connectivity index (χ2v) is 6.11. The predicted octanol–water partition coefficient (Wildman–Crippen LogP) is 4.18. The Morgan fingerprint density at radius 3 is 2.65 bits per heavy atom. The molecule has 110 valence electrons. The van der Waals surface area contributed by atoms with Crippen LogP contribution in [0.1, 0.15) is 24.8 Å². The lowest BCUT2D eigenvalue weighted by Crippen LogP contribution is -2.19. The van der Waals surface area contributed by atoms with Crippen LogP contribution in [0.2, 0.25) is 0 Å². The van der Waals surface area contributed by atoms with E-state index in [0.29, 0.717) is 12.3 Å². The maximum Gasteiger partial charge on any atom is 0.416 e. The molecule has 20 heavy (non-hydrogen) atoms. The Kier molecular flexibility index (Phi) is 4.96. The van der Waals surface area contributed by atoms with Gasteiger partial charge in [0.05, 0.1) is 5.56 Å². The summed E-state index contributed by atoms with van der Waals surface area (Å²) in [6.45, 7) is 0. The molecule has 1 amide bonds. The van der Waals surface area contributed by atoms with Crippen molar-refractivity contribution in [3.05, 3.63) is 29.8 Å². The molecule has 0 saturated carbocycles. The molecule has 1 N–H and O–H groups in total. The van der Waals surface area contributed by atoms with E-state index < -0.39 is 11.7 Å². The summed E-state index contributed by atoms with van der Waals surface area (Å²) in [7, 11) is 0. The lowest BCUT2D eigenvalue weighted by atomic mass is 9.98. The van der Waals surface area contributed by atoms with Crippen molar-refractivity contribution in [3.8, 4) is 0 Å². The summed E-state index contributed by atoms with van der Waals surface area (Å²) in [5.41, 5.74) is -0.542. The molecule has 6 heteroatoms. The highest BCUT2D eigenvalue weighted by molar-refractivity contribution is 7.99. The second-order valence-electron chi connectivity index (χ2n) is 4.89. The summed E-state index contributed by atoms with van der Waals surface area (Å²) >= 11 is 1.88. The molecule has 0 unspecified atom stereocenters. The minimum Gasteiger partial charge on any atom is -0.326 e. The van der Waals surface area contributed by atoms with Crippen molar-refractivity contribution in [1.82, 2.24) is 0 Å². The molecule has 0 aliphatic carbocycles. The van der Waals surface area contributed by atoms with Crippen molar-refractivity contribution in [2.24, 2.45) is 5.92 Å². The van der Waals surface area contributed by atoms with E-state index in [1.54, 1.807) is 0 Å². The standard InChI is InChI=1S/C14H16F3NOS/c15-14(16,17)11-2-1-3-12(9-11)18-13(19)8-10-4-6-20-7-5-10/h1-3,9-10H,4-8H2,(H,18,19). The molecule has 1 aliphatic heterocycles. The maximum atomic E-state index is 12.6. The van der Waals surface area contributed by atoms with Gasteiger partial charge < -0.3 is 5.32 Å². The lowest BCUT2D eigenvalue weighted by molar-refractivity contribution is -0.137. The number of nitrogens with one attached hydrogen (secondary N) is 1. The summed E-state index contributed by atoms with van der Waals surface area (Å²) < 4.78 is 37.7. The Hall–Kier alpha value is -1.17. The van der Waals surface area contributed by atoms with Gasteiger partial charge in [0.2, 0.25) is 5.91 Å². The van der Waals surface area contributed by atoms with Crippen LogP contribution in [-0.4, -0.2) is 17.4 Å². The summed E-state index contributed by atoms with van der Waals surface area (Å²) in [4.78, 5) is 11.8. The first-order valence-electron chi connectivity index (χ1n) is 6.50. The van der Waals surface area contributed by atoms with Crippen molar-refractivity contribution in [2.75, 3.05) is 16.8 Å². The third kappa shape index (κ3) is 4.44. The molecule has 1 aromatic carbocycles. The van der Waals surface area contributed by atoms with E-state index in [1.807, 2.05) is 11.8 Å². The van der Waals surface area contributed by atoms with Crippen LogP contribution >= 0.6 is 11.8 Å². The van der Waals surface area contributed by atoms with Gasteiger partial charge >= 0.3 is 6.18 Å². The van der Waals surface area contributed by atoms with E-state index in [4.69, 9.17) is 0 Å². The molecule has 1 aliphatic rings. The van der Waals surface area contributed by atoms with Crippen LogP contribution in [-0.2, 0) is 11.0 Å². The van der Waals surface area contributed by atoms with Gasteiger partial charge in [0.15, 0.2) is 0 Å². The zero-order chi connectivity index (χ0) is 14.6. The molecule has 0 aromatic heterocycles. The number of hydrogen-bond donors (Lipinski definition) is 1. The first-order chi connectivity index (χ1) is 9.45. The number of amides is 1. The van der Waals surface area contributed by atoms with Crippen LogP contribution in [0.25, 0.3) is 0 Å². The number of carbonyl (C=O) groups excluding carboxylic acids is 1. The van der Waals surface area contributed by atoms with E-state index in [1.165, 1.54) is 12.1 Å². The van der Waals surface area contributed by atoms with Gasteiger partial charge in [-0.15, -0.1) is 0 Å². The third-order valence-electron chi connectivity index (χ3n) is 3.29. The highest BCUT2D eigenvalue weighted by atomic mass is 32.2. The molecule has 1 aromatic rings. The summed E-state index contributed by atoms with van der Waals surface area (Å²) in [6.07, 6.45) is -2.00. The number of carbonyl (C=O) groups is 1. The van der Waals surface area contributed by atoms with Crippen molar-refractivity contribution in [3.63, 3.8) is 0 Å². The van der Waals surface area contributed by atoms with E-state index in [-0.39, 0.29) is 11.6 Å². The highest BCUT2D eigenvalue weighted by Gasteiger charge is 2.30. The minimum absolute atomic E-state index is 0.204. The number of thioether (sulfide) groups is 1. The van der Waals surface area contributed by atoms with Gasteiger partial charge in [0.1, 0.15) is 0 Å². The van der Waals surface area contributed by atoms with E-state index in [9.17, 15) is 18.0 Å². The monoisotopic (exact) mass is 303 g/mol. The van der Waals surface area contributed by atoms with Gasteiger partial charge in [-0.3, -0.25) is 4.79 Å². The second kappa shape index (κ2) is 6.52. The largest absolute Gasteiger partial charge is 0.416 e. The Bertz CT molecular complexity index is 470. The van der Waals surface area contributed by atoms with Gasteiger partial charge in [0.25, 0.3) is 0 Å². The van der Waals surface area contributed by atoms with Gasteiger partial charge in [0, 0.05) is 12.1 Å². The van der Waals surface area contributed by atoms with E-state index in [2.05, 4.69) is 5.32 Å². The van der Waals surface area contributed by atoms with Crippen LogP contribution in [0.15, 0.2) is 24.3 Å². The summed E-state index contributed by atoms with van der Waals surface area (Å²) in [5, 5.41) is 2.56. The topological polar surface area (TPSA) is 29.1 Å². The van der Waals surface area contributed by atoms with E-state index in [0.717, 1.165) is 36.5 Å². The normalized spacial score (nSPS) is 16.9. The molecule has 2 nitrogen and oxygen atoms in total. The Morgan fingerprint density at radius 1 is 1.30 bits per heavy atom. The third-order valence-corrected chi connectivity index (χ3v) is 4.34. The molecule has 1 fully saturated rings. The number of anilines is 1. The number of alkyl halides is 3. The fourth-order valence-electron chi connectivity index (χ4n) is 2.20. The molecule has 2 rings (SSSR count). The SMILES string of the molecule is O=C(CC1CCSCC1)Nc1cccc(C(F)(F)F)c1. The molecule has 0 atom stereocenters. The first-order valence-corrected chi connectivity index (χ1v) is 7.65. The van der Waals surface area contributed by atoms with Gasteiger partial charge in [-0.05, 0) is 48.5 Å². The highest BCUT2D eigenvalue weighted by Crippen LogP contribution is 2.31. The molecule has 0 bridgehead atoms. The molecular weight excluding hydrogens is 287 g/mol. The molecule has 0 spiro atoms. The van der Waals surface area contributed by atoms with Gasteiger partial charge in [-0.2, -0.15) is 24.9 Å². The van der Waals surface area contributed by atoms with E-state index >= 15 is 0 Å². The molecular formula is C14H16F3NOS. The van der Waals surface area contributed by atoms with Crippen LogP contribution in [0, 0.1) is 5.92 Å². The predicted molar refractivity (Wildman–Crippen MR) is 74.7 cm³/mol. The zero-order valence-corrected chi connectivity index (χ0v) is 11.7. The van der Waals surface area contributed by atoms with Crippen molar-refractivity contribution >= 4 is 23.4 Å². The van der Waals surface area contributed by atoms with Crippen LogP contribution < -0.4 is 5.32 Å². The Balaban J connectivity index is 1.93. The Morgan fingerprint density at radius 2 is 2.00 bits per heavy atom. The van der Waals surface area contributed by atoms with Crippen LogP contribution in [0.4, 0.5) is 18.9 Å². The number of halogens is 3. The molecule has 0 radical (unpaired) electrons. The number of benzene rings is 1. The number of rotatable bonds is 3. The zero-order valence-electron chi connectivity index (χ0n) is 10.9. The summed E-state index contributed by atoms with van der Waals surface area (Å²) in [5.74, 6) is 2.26. The van der Waals surface area contributed by atoms with Crippen LogP contribution in [0.3, 0.4) is 0 Å². The fourth-order valence-corrected chi connectivity index (χ4v) is 3.40. The van der Waals surface area contributed by atoms with Gasteiger partial charge in [-0.25, -0.2) is 0 Å². The molecule has 1 heterocycles. The first kappa shape index (κ1) is 15.2. The maximum absolute atomic E-state index is 12.6. The van der Waals surface area contributed by atoms with Crippen LogP contribution in [0.5, 0.6) is 0 Å². The van der Waals surface area contributed by atoms with Crippen molar-refractivity contribution < 1.29 is 18.0 Å². The van der Waals surface area contributed by atoms with Crippen molar-refractivity contribution in [1.29, 1.82) is 0 Å². The van der Waals surface area contributed by atoms with Crippen molar-refractivity contribution in [2.45, 2.75) is 25.4 Å².